The molecule has 0 atom stereocenters. The minimum atomic E-state index is -0.485. The lowest BCUT2D eigenvalue weighted by atomic mass is 10.1. The highest BCUT2D eigenvalue weighted by Crippen LogP contribution is 2.37. The molecule has 0 saturated carbocycles. The summed E-state index contributed by atoms with van der Waals surface area (Å²) >= 11 is 9.60. The summed E-state index contributed by atoms with van der Waals surface area (Å²) in [7, 11) is 0. The lowest BCUT2D eigenvalue weighted by Crippen LogP contribution is -2.22. The fourth-order valence-electron chi connectivity index (χ4n) is 2.81. The van der Waals surface area contributed by atoms with Crippen molar-refractivity contribution in [3.05, 3.63) is 51.7 Å². The molecule has 1 aliphatic rings. The molecule has 0 spiro atoms. The summed E-state index contributed by atoms with van der Waals surface area (Å²) in [4.78, 5) is 14.1. The summed E-state index contributed by atoms with van der Waals surface area (Å²) in [5.74, 6) is -0.0735. The second-order valence-corrected chi connectivity index (χ2v) is 6.47. The molecule has 2 aromatic heterocycles. The smallest absolute Gasteiger partial charge is 0.224 e. The van der Waals surface area contributed by atoms with E-state index in [-0.39, 0.29) is 5.28 Å². The second kappa shape index (κ2) is 6.23. The van der Waals surface area contributed by atoms with Crippen molar-refractivity contribution in [3.63, 3.8) is 0 Å². The van der Waals surface area contributed by atoms with Gasteiger partial charge in [-0.1, -0.05) is 22.0 Å². The average Bonchev–Trinajstić information content (AvgIpc) is 2.77. The molecule has 0 bridgehead atoms. The minimum absolute atomic E-state index is 0.0478. The summed E-state index contributed by atoms with van der Waals surface area (Å²) in [6.07, 6.45) is 2.63. The van der Waals surface area contributed by atoms with Gasteiger partial charge >= 0.3 is 0 Å². The van der Waals surface area contributed by atoms with Crippen molar-refractivity contribution >= 4 is 49.9 Å². The molecule has 4 rings (SSSR count). The number of anilines is 2. The Hall–Kier alpha value is -1.83. The van der Waals surface area contributed by atoms with E-state index in [9.17, 15) is 4.39 Å². The van der Waals surface area contributed by atoms with Crippen LogP contribution in [-0.2, 0) is 11.3 Å². The van der Waals surface area contributed by atoms with Gasteiger partial charge in [-0.05, 0) is 23.7 Å². The Morgan fingerprint density at radius 3 is 3.00 bits per heavy atom. The van der Waals surface area contributed by atoms with E-state index in [0.717, 1.165) is 21.9 Å². The molecule has 5 nitrogen and oxygen atoms in total. The summed E-state index contributed by atoms with van der Waals surface area (Å²) in [6.45, 7) is 1.47. The van der Waals surface area contributed by atoms with Gasteiger partial charge in [0.05, 0.1) is 36.5 Å². The molecule has 24 heavy (non-hydrogen) atoms. The molecule has 0 saturated heterocycles. The van der Waals surface area contributed by atoms with Gasteiger partial charge in [0.15, 0.2) is 5.82 Å². The molecule has 3 aromatic rings. The molecule has 0 amide bonds. The van der Waals surface area contributed by atoms with Crippen LogP contribution in [0.1, 0.15) is 5.56 Å². The van der Waals surface area contributed by atoms with Gasteiger partial charge in [0, 0.05) is 22.3 Å². The third-order valence-corrected chi connectivity index (χ3v) is 4.77. The minimum Gasteiger partial charge on any atom is -0.375 e. The fraction of sp³-hybridized carbons (Fsp3) is 0.188. The predicted octanol–water partition coefficient (Wildman–Crippen LogP) is 4.25. The lowest BCUT2D eigenvalue weighted by molar-refractivity contribution is 0.133. The number of pyridine rings is 1. The van der Waals surface area contributed by atoms with Crippen LogP contribution in [0.2, 0.25) is 5.28 Å². The van der Waals surface area contributed by atoms with Crippen LogP contribution >= 0.6 is 27.5 Å². The van der Waals surface area contributed by atoms with E-state index in [0.29, 0.717) is 36.5 Å². The normalized spacial score (nSPS) is 14.5. The van der Waals surface area contributed by atoms with Crippen molar-refractivity contribution in [2.45, 2.75) is 6.61 Å². The van der Waals surface area contributed by atoms with Gasteiger partial charge in [0.1, 0.15) is 5.82 Å². The van der Waals surface area contributed by atoms with Crippen LogP contribution in [-0.4, -0.2) is 28.1 Å². The van der Waals surface area contributed by atoms with Crippen molar-refractivity contribution in [2.75, 3.05) is 18.1 Å². The third kappa shape index (κ3) is 2.62. The van der Waals surface area contributed by atoms with Gasteiger partial charge in [-0.2, -0.15) is 4.98 Å². The van der Waals surface area contributed by atoms with Crippen LogP contribution in [0.4, 0.5) is 15.9 Å². The average molecular weight is 410 g/mol. The van der Waals surface area contributed by atoms with Crippen molar-refractivity contribution in [1.29, 1.82) is 0 Å². The quantitative estimate of drug-likeness (QED) is 0.563. The zero-order chi connectivity index (χ0) is 16.7. The summed E-state index contributed by atoms with van der Waals surface area (Å²) < 4.78 is 21.0. The number of benzene rings is 1. The number of hydrogen-bond donors (Lipinski definition) is 0. The van der Waals surface area contributed by atoms with Crippen LogP contribution in [0.3, 0.4) is 0 Å². The van der Waals surface area contributed by atoms with Crippen LogP contribution in [0.5, 0.6) is 0 Å². The lowest BCUT2D eigenvalue weighted by Gasteiger charge is -2.25. The first-order chi connectivity index (χ1) is 11.6. The molecule has 0 aliphatic carbocycles. The van der Waals surface area contributed by atoms with E-state index in [1.54, 1.807) is 0 Å². The van der Waals surface area contributed by atoms with Gasteiger partial charge < -0.3 is 9.64 Å². The van der Waals surface area contributed by atoms with Gasteiger partial charge in [-0.25, -0.2) is 9.37 Å². The summed E-state index contributed by atoms with van der Waals surface area (Å²) in [6, 6.07) is 5.82. The summed E-state index contributed by atoms with van der Waals surface area (Å²) in [5.41, 5.74) is 2.24. The number of fused-ring (bicyclic) bond motifs is 2. The van der Waals surface area contributed by atoms with Gasteiger partial charge in [0.2, 0.25) is 5.28 Å². The van der Waals surface area contributed by atoms with Crippen molar-refractivity contribution in [3.8, 4) is 0 Å². The van der Waals surface area contributed by atoms with Gasteiger partial charge in [-0.3, -0.25) is 4.98 Å². The fourth-order valence-corrected chi connectivity index (χ4v) is 3.45. The molecule has 0 N–H and O–H groups in total. The highest BCUT2D eigenvalue weighted by molar-refractivity contribution is 9.10. The Labute approximate surface area is 150 Å². The molecule has 0 fully saturated rings. The molecule has 3 heterocycles. The second-order valence-electron chi connectivity index (χ2n) is 5.27. The molecule has 1 aliphatic heterocycles. The van der Waals surface area contributed by atoms with Crippen LogP contribution in [0, 0.1) is 5.82 Å². The Balaban J connectivity index is 2.00. The Morgan fingerprint density at radius 2 is 2.12 bits per heavy atom. The zero-order valence-electron chi connectivity index (χ0n) is 12.3. The maximum Gasteiger partial charge on any atom is 0.224 e. The van der Waals surface area contributed by atoms with Crippen LogP contribution in [0.15, 0.2) is 35.1 Å². The van der Waals surface area contributed by atoms with E-state index in [4.69, 9.17) is 16.3 Å². The van der Waals surface area contributed by atoms with E-state index in [1.807, 2.05) is 23.1 Å². The number of aromatic nitrogens is 3. The number of halogens is 3. The molecule has 0 radical (unpaired) electrons. The first-order valence-electron chi connectivity index (χ1n) is 7.24. The zero-order valence-corrected chi connectivity index (χ0v) is 14.7. The first-order valence-corrected chi connectivity index (χ1v) is 8.41. The molecule has 1 aromatic carbocycles. The van der Waals surface area contributed by atoms with Crippen LogP contribution < -0.4 is 4.90 Å². The van der Waals surface area contributed by atoms with E-state index in [1.165, 1.54) is 6.20 Å². The first kappa shape index (κ1) is 15.7. The van der Waals surface area contributed by atoms with Crippen molar-refractivity contribution < 1.29 is 9.13 Å². The molecule has 0 unspecified atom stereocenters. The Kier molecular flexibility index (Phi) is 4.07. The SMILES string of the molecule is Fc1cncc2nc(Cl)nc(N3CCOCc4c(Br)cccc43)c12. The highest BCUT2D eigenvalue weighted by Gasteiger charge is 2.24. The Morgan fingerprint density at radius 1 is 1.25 bits per heavy atom. The van der Waals surface area contributed by atoms with Crippen molar-refractivity contribution in [2.24, 2.45) is 0 Å². The maximum absolute atomic E-state index is 14.4. The number of hydrogen-bond acceptors (Lipinski definition) is 5. The molecular weight excluding hydrogens is 399 g/mol. The van der Waals surface area contributed by atoms with E-state index >= 15 is 0 Å². The predicted molar refractivity (Wildman–Crippen MR) is 93.1 cm³/mol. The summed E-state index contributed by atoms with van der Waals surface area (Å²) in [5, 5.41) is 0.342. The number of ether oxygens (including phenoxy) is 1. The maximum atomic E-state index is 14.4. The molecular formula is C16H11BrClFN4O. The molecule has 122 valence electrons. The largest absolute Gasteiger partial charge is 0.375 e. The highest BCUT2D eigenvalue weighted by atomic mass is 79.9. The standard InChI is InChI=1S/C16H11BrClFN4O/c17-10-2-1-3-13-9(10)8-24-5-4-23(13)15-14-11(19)6-20-7-12(14)21-16(18)22-15/h1-3,6-7H,4-5,8H2. The molecule has 8 heteroatoms. The van der Waals surface area contributed by atoms with E-state index in [2.05, 4.69) is 30.9 Å². The van der Waals surface area contributed by atoms with Gasteiger partial charge in [0.25, 0.3) is 0 Å². The monoisotopic (exact) mass is 408 g/mol. The third-order valence-electron chi connectivity index (χ3n) is 3.86. The Bertz CT molecular complexity index is 939. The van der Waals surface area contributed by atoms with Crippen LogP contribution in [0.25, 0.3) is 10.9 Å². The topological polar surface area (TPSA) is 51.1 Å². The van der Waals surface area contributed by atoms with E-state index < -0.39 is 5.82 Å². The van der Waals surface area contributed by atoms with Gasteiger partial charge in [-0.15, -0.1) is 0 Å². The number of nitrogens with zero attached hydrogens (tertiary/aromatic N) is 4. The van der Waals surface area contributed by atoms with Crippen molar-refractivity contribution in [1.82, 2.24) is 15.0 Å². The number of rotatable bonds is 1.